The van der Waals surface area contributed by atoms with E-state index < -0.39 is 0 Å². The van der Waals surface area contributed by atoms with Crippen LogP contribution in [0.5, 0.6) is 5.75 Å². The van der Waals surface area contributed by atoms with Gasteiger partial charge in [-0.15, -0.1) is 0 Å². The smallest absolute Gasteiger partial charge is 0.271 e. The molecule has 0 unspecified atom stereocenters. The molecule has 0 spiro atoms. The molecule has 3 heterocycles. The van der Waals surface area contributed by atoms with Gasteiger partial charge in [-0.1, -0.05) is 54.6 Å². The van der Waals surface area contributed by atoms with Gasteiger partial charge in [-0.05, 0) is 35.9 Å². The predicted molar refractivity (Wildman–Crippen MR) is 147 cm³/mol. The standard InChI is InChI=1S/C30H30N6O2/c1-38-24-11-7-10-23(18-24)26-19-27(33-32-26)30(37)35-16-14-34(15-17-35)21-29-31-25-12-5-6-13-28(25)36(29)20-22-8-3-2-4-9-22/h2-13,18-19H,14-17,20-21H2,1H3,(H,32,33). The van der Waals surface area contributed by atoms with Gasteiger partial charge in [-0.25, -0.2) is 4.98 Å². The Morgan fingerprint density at radius 2 is 1.68 bits per heavy atom. The van der Waals surface area contributed by atoms with E-state index in [1.165, 1.54) is 5.56 Å². The summed E-state index contributed by atoms with van der Waals surface area (Å²) in [7, 11) is 1.64. The SMILES string of the molecule is COc1cccc(-c2cc(C(=O)N3CCN(Cc4nc5ccccc5n4Cc4ccccc4)CC3)[nH]n2)c1. The third-order valence-electron chi connectivity index (χ3n) is 7.12. The molecule has 0 saturated carbocycles. The molecular formula is C30H30N6O2. The minimum atomic E-state index is -0.0254. The van der Waals surface area contributed by atoms with Gasteiger partial charge in [0.1, 0.15) is 17.3 Å². The number of methoxy groups -OCH3 is 1. The second-order valence-corrected chi connectivity index (χ2v) is 9.56. The van der Waals surface area contributed by atoms with Crippen LogP contribution in [-0.4, -0.2) is 68.7 Å². The van der Waals surface area contributed by atoms with Gasteiger partial charge in [0, 0.05) is 38.3 Å². The number of para-hydroxylation sites is 2. The first-order chi connectivity index (χ1) is 18.7. The molecule has 0 radical (unpaired) electrons. The Balaban J connectivity index is 1.12. The number of nitrogens with one attached hydrogen (secondary N) is 1. The maximum atomic E-state index is 13.2. The second kappa shape index (κ2) is 10.5. The molecule has 3 aromatic carbocycles. The summed E-state index contributed by atoms with van der Waals surface area (Å²) in [5, 5.41) is 7.29. The van der Waals surface area contributed by atoms with Crippen molar-refractivity contribution >= 4 is 16.9 Å². The number of rotatable bonds is 7. The van der Waals surface area contributed by atoms with Crippen molar-refractivity contribution in [3.8, 4) is 17.0 Å². The van der Waals surface area contributed by atoms with E-state index in [1.807, 2.05) is 47.4 Å². The highest BCUT2D eigenvalue weighted by molar-refractivity contribution is 5.93. The van der Waals surface area contributed by atoms with Crippen LogP contribution in [0.1, 0.15) is 21.9 Å². The lowest BCUT2D eigenvalue weighted by atomic mass is 10.1. The number of ether oxygens (including phenoxy) is 1. The number of aromatic nitrogens is 4. The lowest BCUT2D eigenvalue weighted by Gasteiger charge is -2.34. The molecule has 0 aliphatic carbocycles. The highest BCUT2D eigenvalue weighted by Gasteiger charge is 2.25. The number of carbonyl (C=O) groups is 1. The molecule has 1 amide bonds. The van der Waals surface area contributed by atoms with Crippen molar-refractivity contribution in [1.82, 2.24) is 29.5 Å². The number of amides is 1. The molecule has 5 aromatic rings. The van der Waals surface area contributed by atoms with E-state index in [2.05, 4.69) is 62.1 Å². The van der Waals surface area contributed by atoms with Crippen molar-refractivity contribution < 1.29 is 9.53 Å². The van der Waals surface area contributed by atoms with Crippen molar-refractivity contribution in [1.29, 1.82) is 0 Å². The Hall–Kier alpha value is -4.43. The average Bonchev–Trinajstić information content (AvgIpc) is 3.59. The van der Waals surface area contributed by atoms with Gasteiger partial charge in [-0.3, -0.25) is 14.8 Å². The fourth-order valence-electron chi connectivity index (χ4n) is 5.03. The largest absolute Gasteiger partial charge is 0.497 e. The molecule has 0 atom stereocenters. The zero-order chi connectivity index (χ0) is 25.9. The van der Waals surface area contributed by atoms with E-state index in [-0.39, 0.29) is 5.91 Å². The number of nitrogens with zero attached hydrogens (tertiary/aromatic N) is 5. The maximum Gasteiger partial charge on any atom is 0.271 e. The number of benzene rings is 3. The molecule has 192 valence electrons. The Morgan fingerprint density at radius 3 is 2.50 bits per heavy atom. The van der Waals surface area contributed by atoms with Gasteiger partial charge >= 0.3 is 0 Å². The number of H-pyrrole nitrogens is 1. The molecule has 6 rings (SSSR count). The summed E-state index contributed by atoms with van der Waals surface area (Å²) < 4.78 is 7.62. The lowest BCUT2D eigenvalue weighted by Crippen LogP contribution is -2.48. The van der Waals surface area contributed by atoms with Crippen LogP contribution in [-0.2, 0) is 13.1 Å². The van der Waals surface area contributed by atoms with Crippen LogP contribution in [0.25, 0.3) is 22.3 Å². The Bertz CT molecular complexity index is 1550. The maximum absolute atomic E-state index is 13.2. The van der Waals surface area contributed by atoms with Crippen LogP contribution in [0.3, 0.4) is 0 Å². The molecule has 8 heteroatoms. The normalized spacial score (nSPS) is 14.2. The Morgan fingerprint density at radius 1 is 0.895 bits per heavy atom. The lowest BCUT2D eigenvalue weighted by molar-refractivity contribution is 0.0618. The summed E-state index contributed by atoms with van der Waals surface area (Å²) in [6.07, 6.45) is 0. The van der Waals surface area contributed by atoms with Crippen LogP contribution in [0, 0.1) is 0 Å². The molecule has 1 N–H and O–H groups in total. The monoisotopic (exact) mass is 506 g/mol. The Labute approximate surface area is 221 Å². The summed E-state index contributed by atoms with van der Waals surface area (Å²) >= 11 is 0. The first kappa shape index (κ1) is 23.9. The van der Waals surface area contributed by atoms with E-state index in [4.69, 9.17) is 9.72 Å². The third-order valence-corrected chi connectivity index (χ3v) is 7.12. The van der Waals surface area contributed by atoms with Gasteiger partial charge in [0.25, 0.3) is 5.91 Å². The van der Waals surface area contributed by atoms with Gasteiger partial charge in [0.2, 0.25) is 0 Å². The fraction of sp³-hybridized carbons (Fsp3) is 0.233. The quantitative estimate of drug-likeness (QED) is 0.353. The van der Waals surface area contributed by atoms with Gasteiger partial charge < -0.3 is 14.2 Å². The van der Waals surface area contributed by atoms with Crippen molar-refractivity contribution in [2.24, 2.45) is 0 Å². The van der Waals surface area contributed by atoms with Crippen molar-refractivity contribution in [3.63, 3.8) is 0 Å². The van der Waals surface area contributed by atoms with E-state index in [0.717, 1.165) is 60.0 Å². The molecule has 38 heavy (non-hydrogen) atoms. The Kier molecular flexibility index (Phi) is 6.62. The molecule has 8 nitrogen and oxygen atoms in total. The van der Waals surface area contributed by atoms with Crippen LogP contribution >= 0.6 is 0 Å². The van der Waals surface area contributed by atoms with Crippen molar-refractivity contribution in [2.45, 2.75) is 13.1 Å². The van der Waals surface area contributed by atoms with Gasteiger partial charge in [0.15, 0.2) is 0 Å². The number of hydrogen-bond acceptors (Lipinski definition) is 5. The van der Waals surface area contributed by atoms with E-state index in [9.17, 15) is 4.79 Å². The second-order valence-electron chi connectivity index (χ2n) is 9.56. The minimum absolute atomic E-state index is 0.0254. The summed E-state index contributed by atoms with van der Waals surface area (Å²) in [5.41, 5.74) is 5.54. The van der Waals surface area contributed by atoms with Crippen LogP contribution < -0.4 is 4.74 Å². The van der Waals surface area contributed by atoms with E-state index in [1.54, 1.807) is 7.11 Å². The molecular weight excluding hydrogens is 476 g/mol. The number of imidazole rings is 1. The van der Waals surface area contributed by atoms with Gasteiger partial charge in [0.05, 0.1) is 30.4 Å². The zero-order valence-corrected chi connectivity index (χ0v) is 21.4. The first-order valence-corrected chi connectivity index (χ1v) is 12.9. The van der Waals surface area contributed by atoms with Crippen LogP contribution in [0.15, 0.2) is 84.9 Å². The third kappa shape index (κ3) is 4.90. The van der Waals surface area contributed by atoms with E-state index in [0.29, 0.717) is 18.8 Å². The summed E-state index contributed by atoms with van der Waals surface area (Å²) in [5.74, 6) is 1.78. The number of fused-ring (bicyclic) bond motifs is 1. The van der Waals surface area contributed by atoms with E-state index >= 15 is 0 Å². The van der Waals surface area contributed by atoms with Crippen molar-refractivity contribution in [2.75, 3.05) is 33.3 Å². The minimum Gasteiger partial charge on any atom is -0.497 e. The number of hydrogen-bond donors (Lipinski definition) is 1. The summed E-state index contributed by atoms with van der Waals surface area (Å²) in [6, 6.07) is 28.3. The summed E-state index contributed by atoms with van der Waals surface area (Å²) in [6.45, 7) is 4.42. The summed E-state index contributed by atoms with van der Waals surface area (Å²) in [4.78, 5) is 22.4. The fourth-order valence-corrected chi connectivity index (χ4v) is 5.03. The van der Waals surface area contributed by atoms with Crippen LogP contribution in [0.2, 0.25) is 0 Å². The molecule has 1 fully saturated rings. The highest BCUT2D eigenvalue weighted by atomic mass is 16.5. The molecule has 2 aromatic heterocycles. The molecule has 1 aliphatic rings. The number of piperazine rings is 1. The molecule has 1 saturated heterocycles. The first-order valence-electron chi connectivity index (χ1n) is 12.9. The predicted octanol–water partition coefficient (Wildman–Crippen LogP) is 4.44. The molecule has 0 bridgehead atoms. The number of carbonyl (C=O) groups excluding carboxylic acids is 1. The zero-order valence-electron chi connectivity index (χ0n) is 21.4. The molecule has 1 aliphatic heterocycles. The van der Waals surface area contributed by atoms with Gasteiger partial charge in [-0.2, -0.15) is 5.10 Å². The van der Waals surface area contributed by atoms with Crippen molar-refractivity contribution in [3.05, 3.63) is 102 Å². The average molecular weight is 507 g/mol. The van der Waals surface area contributed by atoms with Crippen LogP contribution in [0.4, 0.5) is 0 Å². The highest BCUT2D eigenvalue weighted by Crippen LogP contribution is 2.24. The number of aromatic amines is 1. The topological polar surface area (TPSA) is 79.3 Å².